The largest absolute Gasteiger partial charge is 0.494 e. The van der Waals surface area contributed by atoms with Crippen molar-refractivity contribution in [2.45, 2.75) is 20.8 Å². The van der Waals surface area contributed by atoms with Crippen LogP contribution < -0.4 is 5.73 Å². The summed E-state index contributed by atoms with van der Waals surface area (Å²) in [6.07, 6.45) is 1.39. The molecule has 98 valence electrons. The van der Waals surface area contributed by atoms with Gasteiger partial charge < -0.3 is 20.1 Å². The van der Waals surface area contributed by atoms with Gasteiger partial charge in [-0.2, -0.15) is 0 Å². The van der Waals surface area contributed by atoms with Gasteiger partial charge in [-0.25, -0.2) is 0 Å². The molecule has 0 bridgehead atoms. The number of amides is 1. The third-order valence-corrected chi connectivity index (χ3v) is 2.70. The van der Waals surface area contributed by atoms with E-state index in [0.29, 0.717) is 32.8 Å². The van der Waals surface area contributed by atoms with E-state index >= 15 is 0 Å². The van der Waals surface area contributed by atoms with E-state index in [-0.39, 0.29) is 17.1 Å². The fourth-order valence-corrected chi connectivity index (χ4v) is 1.54. The summed E-state index contributed by atoms with van der Waals surface area (Å²) in [5.41, 5.74) is 5.58. The fourth-order valence-electron chi connectivity index (χ4n) is 1.54. The summed E-state index contributed by atoms with van der Waals surface area (Å²) in [5, 5.41) is 0. The van der Waals surface area contributed by atoms with Crippen molar-refractivity contribution in [2.75, 3.05) is 32.8 Å². The number of hydrogen-bond donors (Lipinski definition) is 1. The maximum absolute atomic E-state index is 12.1. The van der Waals surface area contributed by atoms with Gasteiger partial charge in [-0.1, -0.05) is 13.8 Å². The summed E-state index contributed by atoms with van der Waals surface area (Å²) in [4.78, 5) is 13.9. The molecule has 0 spiro atoms. The van der Waals surface area contributed by atoms with Crippen LogP contribution in [0.4, 0.5) is 0 Å². The Morgan fingerprint density at radius 1 is 1.53 bits per heavy atom. The second-order valence-corrected chi connectivity index (χ2v) is 4.89. The van der Waals surface area contributed by atoms with Gasteiger partial charge in [0, 0.05) is 13.1 Å². The highest BCUT2D eigenvalue weighted by atomic mass is 16.6. The van der Waals surface area contributed by atoms with E-state index in [0.717, 1.165) is 0 Å². The summed E-state index contributed by atoms with van der Waals surface area (Å²) in [7, 11) is 0. The molecule has 0 unspecified atom stereocenters. The van der Waals surface area contributed by atoms with Gasteiger partial charge in [0.05, 0.1) is 0 Å². The predicted octanol–water partition coefficient (Wildman–Crippen LogP) is 0.708. The Hall–Kier alpha value is -1.23. The van der Waals surface area contributed by atoms with Crippen LogP contribution in [0.15, 0.2) is 12.0 Å². The molecule has 0 aromatic heterocycles. The van der Waals surface area contributed by atoms with Gasteiger partial charge in [-0.05, 0) is 18.9 Å². The number of likely N-dealkylation sites (N-methyl/N-ethyl adjacent to an activating group) is 1. The monoisotopic (exact) mass is 242 g/mol. The number of nitrogens with two attached hydrogens (primary N) is 1. The van der Waals surface area contributed by atoms with Gasteiger partial charge in [-0.15, -0.1) is 0 Å². The summed E-state index contributed by atoms with van der Waals surface area (Å²) in [6.45, 7) is 8.71. The number of carbonyl (C=O) groups is 1. The molecule has 0 saturated heterocycles. The summed E-state index contributed by atoms with van der Waals surface area (Å²) in [5.74, 6) is 0.152. The van der Waals surface area contributed by atoms with Gasteiger partial charge in [0.1, 0.15) is 19.5 Å². The molecule has 1 aliphatic heterocycles. The molecule has 0 radical (unpaired) electrons. The molecule has 1 amide bonds. The van der Waals surface area contributed by atoms with Crippen molar-refractivity contribution >= 4 is 5.91 Å². The minimum absolute atomic E-state index is 0.0955. The molecule has 1 aliphatic rings. The highest BCUT2D eigenvalue weighted by Crippen LogP contribution is 2.17. The molecule has 1 heterocycles. The smallest absolute Gasteiger partial charge is 0.292 e. The van der Waals surface area contributed by atoms with E-state index in [4.69, 9.17) is 15.2 Å². The van der Waals surface area contributed by atoms with Gasteiger partial charge in [0.25, 0.3) is 5.91 Å². The number of nitrogens with zero attached hydrogens (tertiary/aromatic N) is 1. The van der Waals surface area contributed by atoms with Crippen LogP contribution in [0.2, 0.25) is 0 Å². The molecular weight excluding hydrogens is 220 g/mol. The lowest BCUT2D eigenvalue weighted by atomic mass is 9.93. The first kappa shape index (κ1) is 13.8. The van der Waals surface area contributed by atoms with Crippen molar-refractivity contribution in [1.82, 2.24) is 4.90 Å². The van der Waals surface area contributed by atoms with E-state index in [1.54, 1.807) is 4.90 Å². The average molecular weight is 242 g/mol. The summed E-state index contributed by atoms with van der Waals surface area (Å²) in [6, 6.07) is 0. The van der Waals surface area contributed by atoms with Crippen LogP contribution in [-0.2, 0) is 14.3 Å². The van der Waals surface area contributed by atoms with Crippen LogP contribution in [0.25, 0.3) is 0 Å². The zero-order chi connectivity index (χ0) is 12.9. The molecule has 0 aromatic carbocycles. The topological polar surface area (TPSA) is 64.8 Å². The number of rotatable bonds is 5. The van der Waals surface area contributed by atoms with E-state index in [2.05, 4.69) is 0 Å². The molecule has 0 saturated carbocycles. The molecule has 0 fully saturated rings. The van der Waals surface area contributed by atoms with Crippen LogP contribution >= 0.6 is 0 Å². The van der Waals surface area contributed by atoms with E-state index in [9.17, 15) is 4.79 Å². The van der Waals surface area contributed by atoms with E-state index in [1.165, 1.54) is 6.26 Å². The Balaban J connectivity index is 2.67. The lowest BCUT2D eigenvalue weighted by molar-refractivity contribution is -0.133. The van der Waals surface area contributed by atoms with Crippen molar-refractivity contribution in [3.05, 3.63) is 12.0 Å². The second kappa shape index (κ2) is 5.91. The SMILES string of the molecule is CCN(CC(C)(C)CN)C(=O)C1=COCCO1. The zero-order valence-corrected chi connectivity index (χ0v) is 10.9. The van der Waals surface area contributed by atoms with E-state index < -0.39 is 0 Å². The molecule has 2 N–H and O–H groups in total. The van der Waals surface area contributed by atoms with Gasteiger partial charge in [-0.3, -0.25) is 4.79 Å². The van der Waals surface area contributed by atoms with Crippen molar-refractivity contribution < 1.29 is 14.3 Å². The first-order valence-electron chi connectivity index (χ1n) is 5.94. The molecule has 5 nitrogen and oxygen atoms in total. The minimum Gasteiger partial charge on any atom is -0.494 e. The van der Waals surface area contributed by atoms with Crippen molar-refractivity contribution in [1.29, 1.82) is 0 Å². The fraction of sp³-hybridized carbons (Fsp3) is 0.750. The van der Waals surface area contributed by atoms with Gasteiger partial charge >= 0.3 is 0 Å². The molecular formula is C12H22N2O3. The highest BCUT2D eigenvalue weighted by Gasteiger charge is 2.26. The maximum atomic E-state index is 12.1. The Morgan fingerprint density at radius 2 is 2.24 bits per heavy atom. The minimum atomic E-state index is -0.131. The average Bonchev–Trinajstić information content (AvgIpc) is 2.36. The third-order valence-electron chi connectivity index (χ3n) is 2.70. The lowest BCUT2D eigenvalue weighted by Gasteiger charge is -2.31. The number of ether oxygens (including phenoxy) is 2. The Kier molecular flexibility index (Phi) is 4.81. The Morgan fingerprint density at radius 3 is 2.71 bits per heavy atom. The summed E-state index contributed by atoms with van der Waals surface area (Å²) >= 11 is 0. The van der Waals surface area contributed by atoms with E-state index in [1.807, 2.05) is 20.8 Å². The summed E-state index contributed by atoms with van der Waals surface area (Å²) < 4.78 is 10.4. The zero-order valence-electron chi connectivity index (χ0n) is 10.9. The van der Waals surface area contributed by atoms with Crippen LogP contribution in [-0.4, -0.2) is 43.7 Å². The third kappa shape index (κ3) is 3.93. The molecule has 5 heteroatoms. The standard InChI is InChI=1S/C12H22N2O3/c1-4-14(9-12(2,3)8-13)11(15)10-7-16-5-6-17-10/h7H,4-6,8-9,13H2,1-3H3. The molecule has 0 aliphatic carbocycles. The predicted molar refractivity (Wildman–Crippen MR) is 65.1 cm³/mol. The molecule has 0 atom stereocenters. The molecule has 17 heavy (non-hydrogen) atoms. The molecule has 0 aromatic rings. The normalized spacial score (nSPS) is 15.6. The molecule has 1 rings (SSSR count). The highest BCUT2D eigenvalue weighted by molar-refractivity contribution is 5.91. The van der Waals surface area contributed by atoms with Crippen molar-refractivity contribution in [3.63, 3.8) is 0 Å². The number of hydrogen-bond acceptors (Lipinski definition) is 4. The second-order valence-electron chi connectivity index (χ2n) is 4.89. The van der Waals surface area contributed by atoms with Crippen molar-refractivity contribution in [2.24, 2.45) is 11.1 Å². The first-order chi connectivity index (χ1) is 8.00. The Labute approximate surface area is 103 Å². The van der Waals surface area contributed by atoms with Gasteiger partial charge in [0.2, 0.25) is 5.76 Å². The maximum Gasteiger partial charge on any atom is 0.292 e. The number of carbonyl (C=O) groups excluding carboxylic acids is 1. The quantitative estimate of drug-likeness (QED) is 0.771. The van der Waals surface area contributed by atoms with Crippen LogP contribution in [0.3, 0.4) is 0 Å². The van der Waals surface area contributed by atoms with Crippen LogP contribution in [0.1, 0.15) is 20.8 Å². The first-order valence-corrected chi connectivity index (χ1v) is 5.94. The van der Waals surface area contributed by atoms with Crippen LogP contribution in [0, 0.1) is 5.41 Å². The lowest BCUT2D eigenvalue weighted by Crippen LogP contribution is -2.43. The van der Waals surface area contributed by atoms with Gasteiger partial charge in [0.15, 0.2) is 0 Å². The van der Waals surface area contributed by atoms with Crippen molar-refractivity contribution in [3.8, 4) is 0 Å². The Bertz CT molecular complexity index is 300. The van der Waals surface area contributed by atoms with Crippen LogP contribution in [0.5, 0.6) is 0 Å².